The molecule has 2 nitrogen and oxygen atoms in total. The van der Waals surface area contributed by atoms with Gasteiger partial charge in [0.15, 0.2) is 0 Å². The van der Waals surface area contributed by atoms with Gasteiger partial charge in [-0.3, -0.25) is 0 Å². The molecule has 1 aliphatic heterocycles. The van der Waals surface area contributed by atoms with Gasteiger partial charge in [0.05, 0.1) is 0 Å². The van der Waals surface area contributed by atoms with E-state index in [-0.39, 0.29) is 0 Å². The van der Waals surface area contributed by atoms with Crippen LogP contribution in [0.4, 0.5) is 0 Å². The summed E-state index contributed by atoms with van der Waals surface area (Å²) in [4.78, 5) is 0. The second-order valence-electron chi connectivity index (χ2n) is 3.85. The van der Waals surface area contributed by atoms with Gasteiger partial charge in [-0.15, -0.1) is 0 Å². The van der Waals surface area contributed by atoms with E-state index < -0.39 is 0 Å². The molecule has 0 aromatic carbocycles. The molecule has 0 spiro atoms. The number of rotatable bonds is 4. The van der Waals surface area contributed by atoms with Crippen molar-refractivity contribution in [3.8, 4) is 0 Å². The molecule has 0 bridgehead atoms. The lowest BCUT2D eigenvalue weighted by Gasteiger charge is -2.18. The van der Waals surface area contributed by atoms with E-state index in [2.05, 4.69) is 16.9 Å². The highest BCUT2D eigenvalue weighted by Gasteiger charge is 2.32. The Kier molecular flexibility index (Phi) is 2.94. The summed E-state index contributed by atoms with van der Waals surface area (Å²) in [5.74, 6) is 2.08. The predicted octanol–water partition coefficient (Wildman–Crippen LogP) is 0.704. The van der Waals surface area contributed by atoms with Gasteiger partial charge in [0, 0.05) is 25.2 Å². The maximum Gasteiger partial charge on any atom is 0.0291 e. The molecule has 0 amide bonds. The first-order chi connectivity index (χ1) is 5.90. The molecule has 1 saturated heterocycles. The van der Waals surface area contributed by atoms with Crippen LogP contribution in [0, 0.1) is 5.92 Å². The zero-order valence-electron chi connectivity index (χ0n) is 7.62. The zero-order chi connectivity index (χ0) is 8.39. The topological polar surface area (TPSA) is 26.1 Å². The first kappa shape index (κ1) is 8.85. The van der Waals surface area contributed by atoms with E-state index in [1.807, 2.05) is 11.8 Å². The monoisotopic (exact) mass is 185 g/mol. The van der Waals surface area contributed by atoms with Gasteiger partial charge in [-0.25, -0.2) is 5.32 Å². The minimum atomic E-state index is 0.699. The van der Waals surface area contributed by atoms with Crippen molar-refractivity contribution in [2.75, 3.05) is 25.1 Å². The second-order valence-corrected chi connectivity index (χ2v) is 4.76. The van der Waals surface area contributed by atoms with Gasteiger partial charge in [-0.05, 0) is 30.8 Å². The van der Waals surface area contributed by atoms with Gasteiger partial charge in [-0.1, -0.05) is 0 Å². The van der Waals surface area contributed by atoms with E-state index >= 15 is 0 Å². The van der Waals surface area contributed by atoms with Gasteiger partial charge in [0.2, 0.25) is 0 Å². The Balaban J connectivity index is 1.76. The molecule has 2 aliphatic rings. The first-order valence-electron chi connectivity index (χ1n) is 4.78. The van der Waals surface area contributed by atoms with E-state index in [4.69, 9.17) is 0 Å². The lowest BCUT2D eigenvalue weighted by Crippen LogP contribution is -2.38. The minimum absolute atomic E-state index is 0.699. The fourth-order valence-corrected chi connectivity index (χ4v) is 2.55. The highest BCUT2D eigenvalue weighted by molar-refractivity contribution is 7.98. The molecule has 3 heteroatoms. The Morgan fingerprint density at radius 2 is 2.25 bits per heavy atom. The number of hydrogen-bond acceptors (Lipinski definition) is 2. The van der Waals surface area contributed by atoms with E-state index in [0.717, 1.165) is 25.0 Å². The molecule has 2 atom stereocenters. The summed E-state index contributed by atoms with van der Waals surface area (Å²) in [6.07, 6.45) is 4.97. The maximum absolute atomic E-state index is 4.47. The zero-order valence-corrected chi connectivity index (χ0v) is 8.44. The summed E-state index contributed by atoms with van der Waals surface area (Å²) in [7, 11) is 0. The SMILES string of the molecule is CSCC1C[N]CC1NC1CC1. The Labute approximate surface area is 78.9 Å². The van der Waals surface area contributed by atoms with Crippen molar-refractivity contribution in [1.82, 2.24) is 10.6 Å². The van der Waals surface area contributed by atoms with E-state index in [1.54, 1.807) is 0 Å². The summed E-state index contributed by atoms with van der Waals surface area (Å²) in [6, 6.07) is 1.54. The van der Waals surface area contributed by atoms with Crippen LogP contribution < -0.4 is 10.6 Å². The van der Waals surface area contributed by atoms with Crippen LogP contribution in [-0.4, -0.2) is 37.2 Å². The largest absolute Gasteiger partial charge is 0.310 e. The fraction of sp³-hybridized carbons (Fsp3) is 1.00. The Morgan fingerprint density at radius 1 is 1.42 bits per heavy atom. The quantitative estimate of drug-likeness (QED) is 0.698. The minimum Gasteiger partial charge on any atom is -0.310 e. The van der Waals surface area contributed by atoms with Gasteiger partial charge in [0.1, 0.15) is 0 Å². The molecule has 0 aromatic rings. The summed E-state index contributed by atoms with van der Waals surface area (Å²) < 4.78 is 0. The van der Waals surface area contributed by atoms with Crippen molar-refractivity contribution in [2.24, 2.45) is 5.92 Å². The Morgan fingerprint density at radius 3 is 2.92 bits per heavy atom. The van der Waals surface area contributed by atoms with Gasteiger partial charge >= 0.3 is 0 Å². The third-order valence-corrected chi connectivity index (χ3v) is 3.43. The predicted molar refractivity (Wildman–Crippen MR) is 53.7 cm³/mol. The molecule has 1 aliphatic carbocycles. The normalized spacial score (nSPS) is 35.8. The van der Waals surface area contributed by atoms with E-state index in [1.165, 1.54) is 18.6 Å². The van der Waals surface area contributed by atoms with Crippen LogP contribution in [0.15, 0.2) is 0 Å². The molecule has 69 valence electrons. The summed E-state index contributed by atoms with van der Waals surface area (Å²) in [5.41, 5.74) is 0. The van der Waals surface area contributed by atoms with Crippen LogP contribution in [0.25, 0.3) is 0 Å². The number of nitrogens with zero attached hydrogens (tertiary/aromatic N) is 1. The number of nitrogens with one attached hydrogen (secondary N) is 1. The molecule has 1 heterocycles. The number of thioether (sulfide) groups is 1. The van der Waals surface area contributed by atoms with Gasteiger partial charge in [-0.2, -0.15) is 11.8 Å². The third-order valence-electron chi connectivity index (χ3n) is 2.67. The molecule has 2 rings (SSSR count). The average Bonchev–Trinajstić information content (AvgIpc) is 2.76. The van der Waals surface area contributed by atoms with E-state index in [9.17, 15) is 0 Å². The molecule has 0 aromatic heterocycles. The van der Waals surface area contributed by atoms with Gasteiger partial charge in [0.25, 0.3) is 0 Å². The molecule has 1 radical (unpaired) electrons. The highest BCUT2D eigenvalue weighted by atomic mass is 32.2. The van der Waals surface area contributed by atoms with Crippen LogP contribution in [0.3, 0.4) is 0 Å². The molecular formula is C9H17N2S. The van der Waals surface area contributed by atoms with Gasteiger partial charge < -0.3 is 5.32 Å². The van der Waals surface area contributed by atoms with Crippen molar-refractivity contribution < 1.29 is 0 Å². The lowest BCUT2D eigenvalue weighted by molar-refractivity contribution is 0.457. The standard InChI is InChI=1S/C9H17N2S/c1-12-6-7-4-10-5-9(7)11-8-2-3-8/h7-9,11H,2-6H2,1H3. The van der Waals surface area contributed by atoms with Crippen molar-refractivity contribution in [3.05, 3.63) is 0 Å². The van der Waals surface area contributed by atoms with Crippen LogP contribution in [0.2, 0.25) is 0 Å². The average molecular weight is 185 g/mol. The molecular weight excluding hydrogens is 168 g/mol. The Bertz CT molecular complexity index is 147. The molecule has 2 fully saturated rings. The van der Waals surface area contributed by atoms with Crippen LogP contribution in [0.1, 0.15) is 12.8 Å². The van der Waals surface area contributed by atoms with Crippen LogP contribution in [0.5, 0.6) is 0 Å². The first-order valence-corrected chi connectivity index (χ1v) is 6.18. The maximum atomic E-state index is 4.47. The van der Waals surface area contributed by atoms with Crippen LogP contribution in [-0.2, 0) is 0 Å². The summed E-state index contributed by atoms with van der Waals surface area (Å²) in [5, 5.41) is 8.15. The van der Waals surface area contributed by atoms with Crippen LogP contribution >= 0.6 is 11.8 Å². The lowest BCUT2D eigenvalue weighted by atomic mass is 10.1. The van der Waals surface area contributed by atoms with Crippen molar-refractivity contribution >= 4 is 11.8 Å². The van der Waals surface area contributed by atoms with E-state index in [0.29, 0.717) is 6.04 Å². The fourth-order valence-electron chi connectivity index (χ4n) is 1.78. The molecule has 2 unspecified atom stereocenters. The molecule has 12 heavy (non-hydrogen) atoms. The molecule has 1 N–H and O–H groups in total. The second kappa shape index (κ2) is 3.99. The van der Waals surface area contributed by atoms with Crippen molar-refractivity contribution in [2.45, 2.75) is 24.9 Å². The smallest absolute Gasteiger partial charge is 0.0291 e. The van der Waals surface area contributed by atoms with Crippen molar-refractivity contribution in [3.63, 3.8) is 0 Å². The summed E-state index contributed by atoms with van der Waals surface area (Å²) >= 11 is 1.95. The third kappa shape index (κ3) is 2.15. The Hall–Kier alpha value is 0.270. The highest BCUT2D eigenvalue weighted by Crippen LogP contribution is 2.23. The molecule has 1 saturated carbocycles. The van der Waals surface area contributed by atoms with Crippen molar-refractivity contribution in [1.29, 1.82) is 0 Å². The number of hydrogen-bond donors (Lipinski definition) is 1. The summed E-state index contributed by atoms with van der Waals surface area (Å²) in [6.45, 7) is 2.15.